The van der Waals surface area contributed by atoms with E-state index < -0.39 is 23.8 Å². The minimum atomic E-state index is -4.50. The van der Waals surface area contributed by atoms with Gasteiger partial charge in [-0.1, -0.05) is 0 Å². The number of carbonyl (C=O) groups excluding carboxylic acids is 1. The van der Waals surface area contributed by atoms with Crippen molar-refractivity contribution in [1.82, 2.24) is 15.5 Å². The number of aromatic nitrogens is 2. The lowest BCUT2D eigenvalue weighted by Crippen LogP contribution is -2.27. The molecule has 0 spiro atoms. The number of rotatable bonds is 3. The van der Waals surface area contributed by atoms with E-state index in [1.165, 1.54) is 6.92 Å². The van der Waals surface area contributed by atoms with Gasteiger partial charge in [0.2, 0.25) is 5.91 Å². The van der Waals surface area contributed by atoms with Crippen molar-refractivity contribution in [3.8, 4) is 0 Å². The molecule has 2 N–H and O–H groups in total. The lowest BCUT2D eigenvalue weighted by Gasteiger charge is -2.10. The van der Waals surface area contributed by atoms with Crippen molar-refractivity contribution in [2.45, 2.75) is 19.1 Å². The summed E-state index contributed by atoms with van der Waals surface area (Å²) in [6, 6.07) is 0.244. The first-order chi connectivity index (χ1) is 7.34. The van der Waals surface area contributed by atoms with E-state index in [4.69, 9.17) is 11.6 Å². The predicted molar refractivity (Wildman–Crippen MR) is 50.9 cm³/mol. The van der Waals surface area contributed by atoms with Crippen LogP contribution in [0.1, 0.15) is 24.4 Å². The van der Waals surface area contributed by atoms with Gasteiger partial charge >= 0.3 is 6.18 Å². The van der Waals surface area contributed by atoms with E-state index in [-0.39, 0.29) is 11.6 Å². The molecule has 0 aliphatic carbocycles. The smallest absolute Gasteiger partial charge is 0.347 e. The van der Waals surface area contributed by atoms with E-state index >= 15 is 0 Å². The van der Waals surface area contributed by atoms with Crippen molar-refractivity contribution in [2.24, 2.45) is 0 Å². The number of carbonyl (C=O) groups is 1. The molecule has 1 unspecified atom stereocenters. The number of nitrogens with zero attached hydrogens (tertiary/aromatic N) is 1. The van der Waals surface area contributed by atoms with E-state index in [9.17, 15) is 18.0 Å². The third-order valence-electron chi connectivity index (χ3n) is 1.85. The Morgan fingerprint density at radius 1 is 1.69 bits per heavy atom. The molecular formula is C8H9ClF3N3O. The molecular weight excluding hydrogens is 247 g/mol. The zero-order valence-electron chi connectivity index (χ0n) is 8.23. The number of H-pyrrole nitrogens is 1. The number of halogens is 4. The quantitative estimate of drug-likeness (QED) is 0.810. The normalized spacial score (nSPS) is 13.6. The van der Waals surface area contributed by atoms with Gasteiger partial charge in [0.1, 0.15) is 5.88 Å². The highest BCUT2D eigenvalue weighted by molar-refractivity contribution is 6.27. The maximum absolute atomic E-state index is 12.2. The Balaban J connectivity index is 2.74. The minimum Gasteiger partial charge on any atom is -0.347 e. The molecule has 1 aromatic heterocycles. The molecule has 1 rings (SSSR count). The van der Waals surface area contributed by atoms with Gasteiger partial charge in [0, 0.05) is 0 Å². The largest absolute Gasteiger partial charge is 0.435 e. The van der Waals surface area contributed by atoms with Gasteiger partial charge in [0.25, 0.3) is 0 Å². The number of hydrogen-bond donors (Lipinski definition) is 2. The van der Waals surface area contributed by atoms with Crippen LogP contribution in [-0.2, 0) is 11.0 Å². The topological polar surface area (TPSA) is 57.8 Å². The Hall–Kier alpha value is -1.24. The molecule has 1 heterocycles. The second kappa shape index (κ2) is 4.73. The van der Waals surface area contributed by atoms with Crippen LogP contribution in [-0.4, -0.2) is 22.0 Å². The Morgan fingerprint density at radius 2 is 2.31 bits per heavy atom. The Kier molecular flexibility index (Phi) is 3.79. The highest BCUT2D eigenvalue weighted by Crippen LogP contribution is 2.28. The van der Waals surface area contributed by atoms with E-state index in [1.807, 2.05) is 0 Å². The summed E-state index contributed by atoms with van der Waals surface area (Å²) in [5.41, 5.74) is -0.847. The second-order valence-corrected chi connectivity index (χ2v) is 3.40. The van der Waals surface area contributed by atoms with Gasteiger partial charge in [0.15, 0.2) is 5.69 Å². The average molecular weight is 256 g/mol. The number of hydrogen-bond acceptors (Lipinski definition) is 2. The summed E-state index contributed by atoms with van der Waals surface area (Å²) >= 11 is 5.24. The molecule has 8 heteroatoms. The van der Waals surface area contributed by atoms with Crippen LogP contribution in [0.3, 0.4) is 0 Å². The first-order valence-corrected chi connectivity index (χ1v) is 4.86. The lowest BCUT2D eigenvalue weighted by atomic mass is 10.2. The van der Waals surface area contributed by atoms with Crippen LogP contribution in [0, 0.1) is 0 Å². The summed E-state index contributed by atoms with van der Waals surface area (Å²) in [7, 11) is 0. The van der Waals surface area contributed by atoms with Crippen LogP contribution >= 0.6 is 11.6 Å². The summed E-state index contributed by atoms with van der Waals surface area (Å²) in [6.07, 6.45) is -4.50. The number of nitrogens with one attached hydrogen (secondary N) is 2. The first-order valence-electron chi connectivity index (χ1n) is 4.32. The van der Waals surface area contributed by atoms with Gasteiger partial charge in [0.05, 0.1) is 11.7 Å². The van der Waals surface area contributed by atoms with Crippen molar-refractivity contribution < 1.29 is 18.0 Å². The minimum absolute atomic E-state index is 0.172. The number of alkyl halides is 4. The number of aromatic amines is 1. The Bertz CT molecular complexity index is 377. The van der Waals surface area contributed by atoms with Gasteiger partial charge in [-0.3, -0.25) is 9.89 Å². The van der Waals surface area contributed by atoms with Gasteiger partial charge < -0.3 is 5.32 Å². The SMILES string of the molecule is CC(NC(=O)CCl)c1cc(C(F)(F)F)n[nH]1. The molecule has 0 aliphatic heterocycles. The molecule has 0 saturated heterocycles. The summed E-state index contributed by atoms with van der Waals surface area (Å²) in [6.45, 7) is 1.53. The van der Waals surface area contributed by atoms with Crippen LogP contribution in [0.15, 0.2) is 6.07 Å². The van der Waals surface area contributed by atoms with Gasteiger partial charge in [-0.2, -0.15) is 18.3 Å². The molecule has 1 atom stereocenters. The Labute approximate surface area is 94.2 Å². The maximum atomic E-state index is 12.2. The highest BCUT2D eigenvalue weighted by atomic mass is 35.5. The molecule has 90 valence electrons. The maximum Gasteiger partial charge on any atom is 0.435 e. The molecule has 0 aromatic carbocycles. The van der Waals surface area contributed by atoms with Crippen LogP contribution in [0.25, 0.3) is 0 Å². The third kappa shape index (κ3) is 3.13. The van der Waals surface area contributed by atoms with E-state index in [1.54, 1.807) is 0 Å². The monoisotopic (exact) mass is 255 g/mol. The summed E-state index contributed by atoms with van der Waals surface area (Å²) in [5, 5.41) is 7.72. The molecule has 0 radical (unpaired) electrons. The zero-order chi connectivity index (χ0) is 12.3. The van der Waals surface area contributed by atoms with Crippen LogP contribution in [0.4, 0.5) is 13.2 Å². The molecule has 0 fully saturated rings. The molecule has 1 aromatic rings. The van der Waals surface area contributed by atoms with Crippen molar-refractivity contribution in [2.75, 3.05) is 5.88 Å². The second-order valence-electron chi connectivity index (χ2n) is 3.13. The van der Waals surface area contributed by atoms with Crippen molar-refractivity contribution in [3.05, 3.63) is 17.5 Å². The molecule has 4 nitrogen and oxygen atoms in total. The fraction of sp³-hybridized carbons (Fsp3) is 0.500. The van der Waals surface area contributed by atoms with Crippen molar-refractivity contribution >= 4 is 17.5 Å². The molecule has 16 heavy (non-hydrogen) atoms. The fourth-order valence-electron chi connectivity index (χ4n) is 1.06. The van der Waals surface area contributed by atoms with Gasteiger partial charge in [-0.25, -0.2) is 0 Å². The first kappa shape index (κ1) is 12.8. The fourth-order valence-corrected chi connectivity index (χ4v) is 1.14. The van der Waals surface area contributed by atoms with Gasteiger partial charge in [-0.15, -0.1) is 11.6 Å². The Morgan fingerprint density at radius 3 is 2.75 bits per heavy atom. The lowest BCUT2D eigenvalue weighted by molar-refractivity contribution is -0.141. The van der Waals surface area contributed by atoms with Crippen molar-refractivity contribution in [3.63, 3.8) is 0 Å². The summed E-state index contributed by atoms with van der Waals surface area (Å²) < 4.78 is 36.6. The summed E-state index contributed by atoms with van der Waals surface area (Å²) in [4.78, 5) is 10.9. The van der Waals surface area contributed by atoms with Crippen LogP contribution in [0.2, 0.25) is 0 Å². The zero-order valence-corrected chi connectivity index (χ0v) is 8.99. The predicted octanol–water partition coefficient (Wildman–Crippen LogP) is 1.84. The third-order valence-corrected chi connectivity index (χ3v) is 2.10. The highest BCUT2D eigenvalue weighted by Gasteiger charge is 2.34. The van der Waals surface area contributed by atoms with E-state index in [0.717, 1.165) is 6.07 Å². The average Bonchev–Trinajstić information content (AvgIpc) is 2.65. The van der Waals surface area contributed by atoms with Crippen LogP contribution in [0.5, 0.6) is 0 Å². The van der Waals surface area contributed by atoms with Crippen LogP contribution < -0.4 is 5.32 Å². The number of amides is 1. The van der Waals surface area contributed by atoms with Crippen molar-refractivity contribution in [1.29, 1.82) is 0 Å². The molecule has 1 amide bonds. The van der Waals surface area contributed by atoms with Gasteiger partial charge in [-0.05, 0) is 13.0 Å². The van der Waals surface area contributed by atoms with E-state index in [0.29, 0.717) is 0 Å². The molecule has 0 aliphatic rings. The standard InChI is InChI=1S/C8H9ClF3N3O/c1-4(13-7(16)3-9)5-2-6(15-14-5)8(10,11)12/h2,4H,3H2,1H3,(H,13,16)(H,14,15). The summed E-state index contributed by atoms with van der Waals surface area (Å²) in [5.74, 6) is -0.706. The molecule has 0 saturated carbocycles. The van der Waals surface area contributed by atoms with E-state index in [2.05, 4.69) is 15.5 Å². The molecule has 0 bridgehead atoms.